The molecule has 0 radical (unpaired) electrons. The Labute approximate surface area is 209 Å². The first-order chi connectivity index (χ1) is 16.7. The summed E-state index contributed by atoms with van der Waals surface area (Å²) in [5.74, 6) is -1.90. The van der Waals surface area contributed by atoms with Gasteiger partial charge in [0.1, 0.15) is 6.04 Å². The monoisotopic (exact) mass is 506 g/mol. The van der Waals surface area contributed by atoms with Gasteiger partial charge in [0.25, 0.3) is 5.91 Å². The van der Waals surface area contributed by atoms with E-state index in [1.807, 2.05) is 46.8 Å². The number of amides is 3. The van der Waals surface area contributed by atoms with E-state index in [0.717, 1.165) is 28.8 Å². The molecule has 3 amide bonds. The van der Waals surface area contributed by atoms with Crippen LogP contribution in [0.1, 0.15) is 53.4 Å². The molecule has 0 aliphatic heterocycles. The Hall–Kier alpha value is -3.40. The molecule has 0 aromatic heterocycles. The van der Waals surface area contributed by atoms with Gasteiger partial charge < -0.3 is 21.3 Å². The Balaban J connectivity index is 1.99. The van der Waals surface area contributed by atoms with E-state index < -0.39 is 47.6 Å². The van der Waals surface area contributed by atoms with E-state index in [1.165, 1.54) is 6.07 Å². The number of carbonyl (C=O) groups is 3. The first kappa shape index (κ1) is 28.8. The Bertz CT molecular complexity index is 1090. The quantitative estimate of drug-likeness (QED) is 0.420. The Morgan fingerprint density at radius 2 is 1.67 bits per heavy atom. The largest absolute Gasteiger partial charge is 0.416 e. The highest BCUT2D eigenvalue weighted by atomic mass is 19.4. The van der Waals surface area contributed by atoms with E-state index in [2.05, 4.69) is 27.3 Å². The summed E-state index contributed by atoms with van der Waals surface area (Å²) in [6.45, 7) is 9.51. The van der Waals surface area contributed by atoms with Crippen molar-refractivity contribution in [2.75, 3.05) is 13.1 Å². The fourth-order valence-electron chi connectivity index (χ4n) is 3.41. The van der Waals surface area contributed by atoms with Gasteiger partial charge in [-0.25, -0.2) is 0 Å². The highest BCUT2D eigenvalue weighted by Crippen LogP contribution is 2.29. The average molecular weight is 507 g/mol. The molecular formula is C26H33F3N4O3. The average Bonchev–Trinajstić information content (AvgIpc) is 2.76. The Morgan fingerprint density at radius 1 is 0.972 bits per heavy atom. The topological polar surface area (TPSA) is 99.3 Å². The molecule has 36 heavy (non-hydrogen) atoms. The molecule has 0 aliphatic carbocycles. The number of alkyl halides is 3. The van der Waals surface area contributed by atoms with Crippen LogP contribution in [0.2, 0.25) is 0 Å². The summed E-state index contributed by atoms with van der Waals surface area (Å²) in [7, 11) is 0. The Morgan fingerprint density at radius 3 is 2.28 bits per heavy atom. The van der Waals surface area contributed by atoms with Crippen molar-refractivity contribution in [3.63, 3.8) is 0 Å². The summed E-state index contributed by atoms with van der Waals surface area (Å²) >= 11 is 0. The van der Waals surface area contributed by atoms with Crippen molar-refractivity contribution in [2.45, 2.75) is 58.9 Å². The second-order valence-corrected chi connectivity index (χ2v) is 9.68. The minimum Gasteiger partial charge on any atom is -0.350 e. The first-order valence-electron chi connectivity index (χ1n) is 11.5. The zero-order valence-electron chi connectivity index (χ0n) is 21.1. The van der Waals surface area contributed by atoms with Crippen LogP contribution in [0, 0.1) is 13.8 Å². The van der Waals surface area contributed by atoms with Gasteiger partial charge in [0.05, 0.1) is 12.1 Å². The molecule has 2 rings (SSSR count). The van der Waals surface area contributed by atoms with Crippen molar-refractivity contribution in [3.8, 4) is 0 Å². The summed E-state index contributed by atoms with van der Waals surface area (Å²) in [5.41, 5.74) is 1.56. The van der Waals surface area contributed by atoms with Crippen molar-refractivity contribution in [1.29, 1.82) is 0 Å². The van der Waals surface area contributed by atoms with E-state index in [1.54, 1.807) is 0 Å². The molecule has 0 saturated heterocycles. The van der Waals surface area contributed by atoms with Crippen LogP contribution in [0.4, 0.5) is 13.2 Å². The maximum Gasteiger partial charge on any atom is 0.416 e. The molecule has 0 bridgehead atoms. The van der Waals surface area contributed by atoms with Gasteiger partial charge in [0, 0.05) is 24.2 Å². The van der Waals surface area contributed by atoms with Crippen LogP contribution in [-0.2, 0) is 22.3 Å². The van der Waals surface area contributed by atoms with Gasteiger partial charge in [0.15, 0.2) is 0 Å². The van der Waals surface area contributed by atoms with Gasteiger partial charge in [-0.05, 0) is 63.9 Å². The van der Waals surface area contributed by atoms with Crippen LogP contribution in [0.3, 0.4) is 0 Å². The first-order valence-corrected chi connectivity index (χ1v) is 11.5. The van der Waals surface area contributed by atoms with Crippen LogP contribution in [0.5, 0.6) is 0 Å². The lowest BCUT2D eigenvalue weighted by Crippen LogP contribution is -2.56. The smallest absolute Gasteiger partial charge is 0.350 e. The van der Waals surface area contributed by atoms with E-state index >= 15 is 0 Å². The standard InChI is InChI=1S/C26H33F3N4O3/c1-16-9-10-19(17(2)11-16)13-30-14-21(24(36)33-25(3,4)5)32-22(34)15-31-23(35)18-7-6-8-20(12-18)26(27,28)29/h6-12,21,30H,13-15H2,1-5H3,(H,31,35)(H,32,34)(H,33,36). The third-order valence-corrected chi connectivity index (χ3v) is 5.17. The number of rotatable bonds is 9. The van der Waals surface area contributed by atoms with Crippen molar-refractivity contribution >= 4 is 17.7 Å². The molecule has 0 aliphatic rings. The lowest BCUT2D eigenvalue weighted by atomic mass is 10.1. The van der Waals surface area contributed by atoms with Crippen molar-refractivity contribution in [2.24, 2.45) is 0 Å². The lowest BCUT2D eigenvalue weighted by Gasteiger charge is -2.26. The molecule has 0 spiro atoms. The van der Waals surface area contributed by atoms with Gasteiger partial charge in [-0.1, -0.05) is 29.8 Å². The molecule has 10 heteroatoms. The summed E-state index contributed by atoms with van der Waals surface area (Å²) in [6, 6.07) is 9.00. The van der Waals surface area contributed by atoms with E-state index in [0.29, 0.717) is 12.6 Å². The number of benzene rings is 2. The SMILES string of the molecule is Cc1ccc(CNCC(NC(=O)CNC(=O)c2cccc(C(F)(F)F)c2)C(=O)NC(C)(C)C)c(C)c1. The van der Waals surface area contributed by atoms with E-state index in [4.69, 9.17) is 0 Å². The van der Waals surface area contributed by atoms with Gasteiger partial charge >= 0.3 is 6.18 Å². The van der Waals surface area contributed by atoms with Crippen molar-refractivity contribution in [1.82, 2.24) is 21.3 Å². The summed E-state index contributed by atoms with van der Waals surface area (Å²) < 4.78 is 38.7. The Kier molecular flexibility index (Phi) is 9.63. The third kappa shape index (κ3) is 9.33. The molecule has 0 saturated carbocycles. The van der Waals surface area contributed by atoms with Crippen LogP contribution >= 0.6 is 0 Å². The molecule has 0 heterocycles. The molecule has 2 aromatic rings. The predicted molar refractivity (Wildman–Crippen MR) is 131 cm³/mol. The molecule has 7 nitrogen and oxygen atoms in total. The number of hydrogen-bond acceptors (Lipinski definition) is 4. The molecule has 1 atom stereocenters. The van der Waals surface area contributed by atoms with E-state index in [-0.39, 0.29) is 12.1 Å². The van der Waals surface area contributed by atoms with Gasteiger partial charge in [-0.2, -0.15) is 13.2 Å². The van der Waals surface area contributed by atoms with Crippen LogP contribution in [0.25, 0.3) is 0 Å². The zero-order valence-corrected chi connectivity index (χ0v) is 21.1. The second-order valence-electron chi connectivity index (χ2n) is 9.68. The fraction of sp³-hybridized carbons (Fsp3) is 0.423. The van der Waals surface area contributed by atoms with Crippen molar-refractivity contribution in [3.05, 3.63) is 70.3 Å². The van der Waals surface area contributed by atoms with Crippen LogP contribution < -0.4 is 21.3 Å². The predicted octanol–water partition coefficient (Wildman–Crippen LogP) is 3.24. The van der Waals surface area contributed by atoms with Crippen LogP contribution in [-0.4, -0.2) is 42.4 Å². The second kappa shape index (κ2) is 12.0. The van der Waals surface area contributed by atoms with Gasteiger partial charge in [0.2, 0.25) is 11.8 Å². The molecule has 1 unspecified atom stereocenters. The van der Waals surface area contributed by atoms with Gasteiger partial charge in [-0.3, -0.25) is 14.4 Å². The highest BCUT2D eigenvalue weighted by Gasteiger charge is 2.31. The maximum absolute atomic E-state index is 12.9. The number of carbonyl (C=O) groups excluding carboxylic acids is 3. The number of hydrogen-bond donors (Lipinski definition) is 4. The number of nitrogens with one attached hydrogen (secondary N) is 4. The van der Waals surface area contributed by atoms with Gasteiger partial charge in [-0.15, -0.1) is 0 Å². The summed E-state index contributed by atoms with van der Waals surface area (Å²) in [6.07, 6.45) is -4.59. The number of aryl methyl sites for hydroxylation is 2. The minimum atomic E-state index is -4.59. The van der Waals surface area contributed by atoms with Crippen LogP contribution in [0.15, 0.2) is 42.5 Å². The highest BCUT2D eigenvalue weighted by molar-refractivity contribution is 5.97. The normalized spacial score (nSPS) is 12.6. The fourth-order valence-corrected chi connectivity index (χ4v) is 3.41. The molecule has 4 N–H and O–H groups in total. The van der Waals surface area contributed by atoms with Crippen molar-refractivity contribution < 1.29 is 27.6 Å². The number of halogens is 3. The molecule has 0 fully saturated rings. The zero-order chi connectivity index (χ0) is 27.1. The lowest BCUT2D eigenvalue weighted by molar-refractivity contribution is -0.137. The molecular weight excluding hydrogens is 473 g/mol. The van der Waals surface area contributed by atoms with E-state index in [9.17, 15) is 27.6 Å². The molecule has 196 valence electrons. The third-order valence-electron chi connectivity index (χ3n) is 5.17. The summed E-state index contributed by atoms with van der Waals surface area (Å²) in [4.78, 5) is 37.5. The molecule has 2 aromatic carbocycles. The summed E-state index contributed by atoms with van der Waals surface area (Å²) in [5, 5.41) is 10.9. The minimum absolute atomic E-state index is 0.128. The maximum atomic E-state index is 12.9.